The van der Waals surface area contributed by atoms with Crippen LogP contribution in [-0.4, -0.2) is 59.3 Å². The van der Waals surface area contributed by atoms with Crippen LogP contribution in [0.25, 0.3) is 0 Å². The molecule has 1 atom stereocenters. The zero-order valence-corrected chi connectivity index (χ0v) is 16.2. The molecule has 0 radical (unpaired) electrons. The van der Waals surface area contributed by atoms with E-state index in [1.165, 1.54) is 5.56 Å². The maximum atomic E-state index is 11.9. The zero-order chi connectivity index (χ0) is 18.4. The monoisotopic (exact) mass is 348 g/mol. The summed E-state index contributed by atoms with van der Waals surface area (Å²) in [5.74, 6) is 1.49. The topological polar surface area (TPSA) is 74.6 Å². The van der Waals surface area contributed by atoms with E-state index in [-0.39, 0.29) is 11.3 Å². The Morgan fingerprint density at radius 3 is 2.76 bits per heavy atom. The van der Waals surface area contributed by atoms with Crippen LogP contribution in [-0.2, 0) is 11.8 Å². The summed E-state index contributed by atoms with van der Waals surface area (Å²) in [5, 5.41) is 10.6. The molecule has 1 unspecified atom stereocenters. The van der Waals surface area contributed by atoms with Crippen LogP contribution in [0.4, 0.5) is 0 Å². The summed E-state index contributed by atoms with van der Waals surface area (Å²) in [6, 6.07) is 0. The van der Waals surface area contributed by atoms with Crippen molar-refractivity contribution in [1.82, 2.24) is 25.3 Å². The number of aromatic nitrogens is 2. The van der Waals surface area contributed by atoms with Gasteiger partial charge in [-0.1, -0.05) is 20.8 Å². The number of carbonyl (C=O) groups excluding carboxylic acids is 1. The highest BCUT2D eigenvalue weighted by molar-refractivity contribution is 5.82. The Morgan fingerprint density at radius 1 is 1.40 bits per heavy atom. The van der Waals surface area contributed by atoms with Crippen molar-refractivity contribution >= 4 is 11.9 Å². The van der Waals surface area contributed by atoms with Crippen LogP contribution in [0.1, 0.15) is 45.6 Å². The van der Waals surface area contributed by atoms with Crippen LogP contribution >= 0.6 is 0 Å². The Morgan fingerprint density at radius 2 is 2.16 bits per heavy atom. The minimum absolute atomic E-state index is 0.0607. The van der Waals surface area contributed by atoms with E-state index in [0.717, 1.165) is 32.0 Å². The molecule has 2 N–H and O–H groups in total. The fourth-order valence-electron chi connectivity index (χ4n) is 2.90. The average molecular weight is 348 g/mol. The van der Waals surface area contributed by atoms with E-state index in [1.54, 1.807) is 0 Å². The first-order valence-corrected chi connectivity index (χ1v) is 9.11. The number of nitrogens with one attached hydrogen (secondary N) is 2. The van der Waals surface area contributed by atoms with Crippen molar-refractivity contribution in [1.29, 1.82) is 0 Å². The molecule has 25 heavy (non-hydrogen) atoms. The van der Waals surface area contributed by atoms with E-state index in [4.69, 9.17) is 0 Å². The standard InChI is InChI=1S/C18H32N6O/c1-6-19-17(21-9-8-20-16(25)18(2,3)4)24-10-7-14(13-24)15-11-22-23(5)12-15/h11-12,14H,6-10,13H2,1-5H3,(H,19,21)(H,20,25). The highest BCUT2D eigenvalue weighted by Gasteiger charge is 2.27. The summed E-state index contributed by atoms with van der Waals surface area (Å²) < 4.78 is 1.86. The lowest BCUT2D eigenvalue weighted by molar-refractivity contribution is -0.128. The number of amides is 1. The average Bonchev–Trinajstić information content (AvgIpc) is 3.18. The molecular formula is C18H32N6O. The largest absolute Gasteiger partial charge is 0.357 e. The number of hydrogen-bond donors (Lipinski definition) is 2. The van der Waals surface area contributed by atoms with Crippen LogP contribution in [0.2, 0.25) is 0 Å². The Kier molecular flexibility index (Phi) is 6.45. The van der Waals surface area contributed by atoms with Crippen LogP contribution in [0.15, 0.2) is 17.4 Å². The van der Waals surface area contributed by atoms with Crippen LogP contribution < -0.4 is 10.6 Å². The fraction of sp³-hybridized carbons (Fsp3) is 0.722. The molecule has 1 aromatic rings. The molecule has 2 rings (SSSR count). The summed E-state index contributed by atoms with van der Waals surface area (Å²) in [5.41, 5.74) is 0.929. The number of nitrogens with zero attached hydrogens (tertiary/aromatic N) is 4. The van der Waals surface area contributed by atoms with Gasteiger partial charge < -0.3 is 15.5 Å². The van der Waals surface area contributed by atoms with Gasteiger partial charge in [0.2, 0.25) is 5.91 Å². The highest BCUT2D eigenvalue weighted by atomic mass is 16.2. The van der Waals surface area contributed by atoms with Gasteiger partial charge in [-0.2, -0.15) is 5.10 Å². The first kappa shape index (κ1) is 19.3. The number of carbonyl (C=O) groups is 1. The summed E-state index contributed by atoms with van der Waals surface area (Å²) >= 11 is 0. The lowest BCUT2D eigenvalue weighted by atomic mass is 9.96. The van der Waals surface area contributed by atoms with Crippen molar-refractivity contribution in [3.63, 3.8) is 0 Å². The Labute approximate surface area is 150 Å². The fourth-order valence-corrected chi connectivity index (χ4v) is 2.90. The Bertz CT molecular complexity index is 601. The summed E-state index contributed by atoms with van der Waals surface area (Å²) in [4.78, 5) is 18.9. The molecule has 7 heteroatoms. The quantitative estimate of drug-likeness (QED) is 0.478. The lowest BCUT2D eigenvalue weighted by Gasteiger charge is -2.22. The van der Waals surface area contributed by atoms with E-state index < -0.39 is 0 Å². The molecule has 1 aliphatic rings. The molecule has 1 aliphatic heterocycles. The van der Waals surface area contributed by atoms with Crippen molar-refractivity contribution < 1.29 is 4.79 Å². The van der Waals surface area contributed by atoms with Gasteiger partial charge in [0.1, 0.15) is 0 Å². The predicted octanol–water partition coefficient (Wildman–Crippen LogP) is 1.34. The van der Waals surface area contributed by atoms with E-state index >= 15 is 0 Å². The number of likely N-dealkylation sites (tertiary alicyclic amines) is 1. The first-order valence-electron chi connectivity index (χ1n) is 9.11. The SMILES string of the molecule is CCNC(=NCCNC(=O)C(C)(C)C)N1CCC(c2cnn(C)c2)C1. The second-order valence-corrected chi connectivity index (χ2v) is 7.62. The molecule has 7 nitrogen and oxygen atoms in total. The van der Waals surface area contributed by atoms with Crippen molar-refractivity contribution in [2.24, 2.45) is 17.5 Å². The molecule has 0 spiro atoms. The molecule has 140 valence electrons. The molecule has 1 saturated heterocycles. The van der Waals surface area contributed by atoms with Crippen LogP contribution in [0, 0.1) is 5.41 Å². The second-order valence-electron chi connectivity index (χ2n) is 7.62. The molecular weight excluding hydrogens is 316 g/mol. The lowest BCUT2D eigenvalue weighted by Crippen LogP contribution is -2.41. The molecule has 2 heterocycles. The number of hydrogen-bond acceptors (Lipinski definition) is 3. The molecule has 1 fully saturated rings. The van der Waals surface area contributed by atoms with Gasteiger partial charge in [-0.05, 0) is 18.9 Å². The van der Waals surface area contributed by atoms with Gasteiger partial charge in [-0.3, -0.25) is 14.5 Å². The Balaban J connectivity index is 1.88. The van der Waals surface area contributed by atoms with Gasteiger partial charge in [-0.15, -0.1) is 0 Å². The van der Waals surface area contributed by atoms with E-state index in [1.807, 2.05) is 38.7 Å². The van der Waals surface area contributed by atoms with E-state index in [2.05, 4.69) is 38.7 Å². The number of aliphatic imine (C=N–C) groups is 1. The summed E-state index contributed by atoms with van der Waals surface area (Å²) in [6.45, 7) is 11.7. The molecule has 0 bridgehead atoms. The van der Waals surface area contributed by atoms with Crippen molar-refractivity contribution in [2.75, 3.05) is 32.7 Å². The third kappa shape index (κ3) is 5.47. The smallest absolute Gasteiger partial charge is 0.225 e. The molecule has 1 aromatic heterocycles. The van der Waals surface area contributed by atoms with Crippen molar-refractivity contribution in [2.45, 2.75) is 40.0 Å². The van der Waals surface area contributed by atoms with Gasteiger partial charge in [0.15, 0.2) is 5.96 Å². The minimum atomic E-state index is -0.361. The normalized spacial score (nSPS) is 18.5. The van der Waals surface area contributed by atoms with Gasteiger partial charge >= 0.3 is 0 Å². The summed E-state index contributed by atoms with van der Waals surface area (Å²) in [6.07, 6.45) is 5.16. The molecule has 0 aliphatic carbocycles. The Hall–Kier alpha value is -2.05. The second kappa shape index (κ2) is 8.36. The molecule has 0 aromatic carbocycles. The van der Waals surface area contributed by atoms with Crippen molar-refractivity contribution in [3.05, 3.63) is 18.0 Å². The number of aryl methyl sites for hydroxylation is 1. The third-order valence-corrected chi connectivity index (χ3v) is 4.36. The van der Waals surface area contributed by atoms with E-state index in [9.17, 15) is 4.79 Å². The van der Waals surface area contributed by atoms with Gasteiger partial charge in [-0.25, -0.2) is 0 Å². The molecule has 1 amide bonds. The summed E-state index contributed by atoms with van der Waals surface area (Å²) in [7, 11) is 1.95. The van der Waals surface area contributed by atoms with Crippen molar-refractivity contribution in [3.8, 4) is 0 Å². The van der Waals surface area contributed by atoms with Gasteiger partial charge in [0, 0.05) is 50.8 Å². The van der Waals surface area contributed by atoms with Gasteiger partial charge in [0.05, 0.1) is 12.7 Å². The molecule has 0 saturated carbocycles. The maximum Gasteiger partial charge on any atom is 0.225 e. The number of rotatable bonds is 5. The minimum Gasteiger partial charge on any atom is -0.357 e. The van der Waals surface area contributed by atoms with Gasteiger partial charge in [0.25, 0.3) is 0 Å². The van der Waals surface area contributed by atoms with Crippen LogP contribution in [0.5, 0.6) is 0 Å². The number of guanidine groups is 1. The highest BCUT2D eigenvalue weighted by Crippen LogP contribution is 2.26. The zero-order valence-electron chi connectivity index (χ0n) is 16.2. The van der Waals surface area contributed by atoms with Crippen LogP contribution in [0.3, 0.4) is 0 Å². The maximum absolute atomic E-state index is 11.9. The third-order valence-electron chi connectivity index (χ3n) is 4.36. The predicted molar refractivity (Wildman–Crippen MR) is 101 cm³/mol. The van der Waals surface area contributed by atoms with E-state index in [0.29, 0.717) is 19.0 Å². The first-order chi connectivity index (χ1) is 11.8.